The van der Waals surface area contributed by atoms with Gasteiger partial charge in [-0.3, -0.25) is 0 Å². The van der Waals surface area contributed by atoms with Crippen LogP contribution in [0.3, 0.4) is 0 Å². The van der Waals surface area contributed by atoms with Crippen molar-refractivity contribution in [3.63, 3.8) is 0 Å². The summed E-state index contributed by atoms with van der Waals surface area (Å²) in [5.74, 6) is 0. The van der Waals surface area contributed by atoms with E-state index in [1.165, 1.54) is 87.6 Å². The van der Waals surface area contributed by atoms with E-state index in [2.05, 4.69) is 219 Å². The molecule has 56 heavy (non-hydrogen) atoms. The summed E-state index contributed by atoms with van der Waals surface area (Å²) in [6.07, 6.45) is 0. The highest BCUT2D eigenvalue weighted by atomic mass is 15.1. The van der Waals surface area contributed by atoms with E-state index in [9.17, 15) is 0 Å². The zero-order valence-corrected chi connectivity index (χ0v) is 31.5. The average Bonchev–Trinajstić information content (AvgIpc) is 3.48. The molecule has 0 aliphatic heterocycles. The molecule has 1 nitrogen and oxygen atoms in total. The Kier molecular flexibility index (Phi) is 7.28. The first-order valence-corrected chi connectivity index (χ1v) is 19.6. The van der Waals surface area contributed by atoms with Crippen LogP contribution in [0.1, 0.15) is 25.0 Å². The second-order valence-electron chi connectivity index (χ2n) is 15.7. The van der Waals surface area contributed by atoms with Gasteiger partial charge in [-0.05, 0) is 136 Å². The summed E-state index contributed by atoms with van der Waals surface area (Å²) in [5.41, 5.74) is 13.8. The standard InChI is InChI=1S/C55H39N/c1-55(2)52-26-13-12-22-46(52)51-35-41(31-32-53(51)55)56(39-17-4-3-5-18-39)40-29-27-37(28-30-40)49-33-38-34-50(43-25-14-16-36-15-6-7-19-42(36)43)45-21-9-11-24-48(45)54(38)47-23-10-8-20-44(47)49/h3-35H,1-2H3. The normalized spacial score (nSPS) is 13.0. The molecule has 0 fully saturated rings. The third-order valence-electron chi connectivity index (χ3n) is 12.2. The van der Waals surface area contributed by atoms with Crippen molar-refractivity contribution in [1.29, 1.82) is 0 Å². The summed E-state index contributed by atoms with van der Waals surface area (Å²) in [6.45, 7) is 4.68. The molecule has 10 aromatic rings. The fraction of sp³-hybridized carbons (Fsp3) is 0.0545. The third-order valence-corrected chi connectivity index (χ3v) is 12.2. The zero-order chi connectivity index (χ0) is 37.4. The maximum absolute atomic E-state index is 2.42. The lowest BCUT2D eigenvalue weighted by Gasteiger charge is -2.27. The Morgan fingerprint density at radius 1 is 0.321 bits per heavy atom. The number of hydrogen-bond acceptors (Lipinski definition) is 1. The van der Waals surface area contributed by atoms with Crippen molar-refractivity contribution in [3.8, 4) is 33.4 Å². The largest absolute Gasteiger partial charge is 0.310 e. The third kappa shape index (κ3) is 4.94. The number of nitrogens with zero attached hydrogens (tertiary/aromatic N) is 1. The number of anilines is 3. The van der Waals surface area contributed by atoms with E-state index in [-0.39, 0.29) is 5.41 Å². The summed E-state index contributed by atoms with van der Waals surface area (Å²) >= 11 is 0. The Bertz CT molecular complexity index is 3150. The first-order valence-electron chi connectivity index (χ1n) is 19.6. The maximum Gasteiger partial charge on any atom is 0.0468 e. The van der Waals surface area contributed by atoms with Gasteiger partial charge in [-0.1, -0.05) is 166 Å². The molecule has 0 bridgehead atoms. The van der Waals surface area contributed by atoms with Crippen LogP contribution >= 0.6 is 0 Å². The van der Waals surface area contributed by atoms with Gasteiger partial charge in [-0.25, -0.2) is 0 Å². The van der Waals surface area contributed by atoms with Crippen LogP contribution in [0.2, 0.25) is 0 Å². The predicted octanol–water partition coefficient (Wildman–Crippen LogP) is 15.4. The molecule has 1 aliphatic carbocycles. The number of hydrogen-bond donors (Lipinski definition) is 0. The number of benzene rings is 10. The van der Waals surface area contributed by atoms with Gasteiger partial charge < -0.3 is 4.90 Å². The van der Waals surface area contributed by atoms with Gasteiger partial charge >= 0.3 is 0 Å². The van der Waals surface area contributed by atoms with E-state index < -0.39 is 0 Å². The van der Waals surface area contributed by atoms with Gasteiger partial charge in [0, 0.05) is 22.5 Å². The van der Waals surface area contributed by atoms with Crippen molar-refractivity contribution < 1.29 is 0 Å². The molecule has 1 aliphatic rings. The van der Waals surface area contributed by atoms with Crippen LogP contribution in [0.5, 0.6) is 0 Å². The minimum Gasteiger partial charge on any atom is -0.310 e. The van der Waals surface area contributed by atoms with E-state index in [4.69, 9.17) is 0 Å². The molecule has 0 unspecified atom stereocenters. The monoisotopic (exact) mass is 713 g/mol. The van der Waals surface area contributed by atoms with Crippen LogP contribution in [-0.2, 0) is 5.41 Å². The molecule has 10 aromatic carbocycles. The fourth-order valence-electron chi connectivity index (χ4n) is 9.56. The van der Waals surface area contributed by atoms with Gasteiger partial charge in [0.1, 0.15) is 0 Å². The van der Waals surface area contributed by atoms with E-state index in [0.717, 1.165) is 17.1 Å². The molecule has 264 valence electrons. The first kappa shape index (κ1) is 32.5. The summed E-state index contributed by atoms with van der Waals surface area (Å²) in [5, 5.41) is 10.2. The van der Waals surface area contributed by atoms with Crippen molar-refractivity contribution in [1.82, 2.24) is 0 Å². The fourth-order valence-corrected chi connectivity index (χ4v) is 9.56. The van der Waals surface area contributed by atoms with Gasteiger partial charge in [0.2, 0.25) is 0 Å². The number of para-hydroxylation sites is 1. The summed E-state index contributed by atoms with van der Waals surface area (Å²) in [7, 11) is 0. The molecule has 0 N–H and O–H groups in total. The molecular weight excluding hydrogens is 675 g/mol. The minimum atomic E-state index is -0.0335. The van der Waals surface area contributed by atoms with Crippen LogP contribution < -0.4 is 4.90 Å². The SMILES string of the molecule is CC1(C)c2ccccc2-c2cc(N(c3ccccc3)c3ccc(-c4cc5cc(-c6cccc7ccccc67)c6ccccc6c5c5ccccc45)cc3)ccc21. The second kappa shape index (κ2) is 12.5. The van der Waals surface area contributed by atoms with Crippen molar-refractivity contribution >= 4 is 60.2 Å². The van der Waals surface area contributed by atoms with Crippen molar-refractivity contribution in [3.05, 3.63) is 211 Å². The number of fused-ring (bicyclic) bond motifs is 9. The van der Waals surface area contributed by atoms with Crippen LogP contribution in [-0.4, -0.2) is 0 Å². The topological polar surface area (TPSA) is 3.24 Å². The highest BCUT2D eigenvalue weighted by Gasteiger charge is 2.35. The molecule has 0 aromatic heterocycles. The first-order chi connectivity index (χ1) is 27.5. The smallest absolute Gasteiger partial charge is 0.0468 e. The molecule has 0 heterocycles. The van der Waals surface area contributed by atoms with Crippen LogP contribution in [0.4, 0.5) is 17.1 Å². The van der Waals surface area contributed by atoms with E-state index >= 15 is 0 Å². The van der Waals surface area contributed by atoms with Gasteiger partial charge in [0.15, 0.2) is 0 Å². The Hall–Kier alpha value is -6.96. The lowest BCUT2D eigenvalue weighted by atomic mass is 9.82. The van der Waals surface area contributed by atoms with Crippen molar-refractivity contribution in [2.24, 2.45) is 0 Å². The predicted molar refractivity (Wildman–Crippen MR) is 240 cm³/mol. The molecule has 1 heteroatoms. The second-order valence-corrected chi connectivity index (χ2v) is 15.7. The van der Waals surface area contributed by atoms with Gasteiger partial charge in [0.25, 0.3) is 0 Å². The molecule has 11 rings (SSSR count). The molecule has 0 radical (unpaired) electrons. The van der Waals surface area contributed by atoms with Crippen LogP contribution in [0, 0.1) is 0 Å². The molecule has 0 amide bonds. The maximum atomic E-state index is 2.42. The van der Waals surface area contributed by atoms with Gasteiger partial charge in [-0.15, -0.1) is 0 Å². The Labute approximate surface area is 327 Å². The highest BCUT2D eigenvalue weighted by molar-refractivity contribution is 6.26. The van der Waals surface area contributed by atoms with Crippen molar-refractivity contribution in [2.75, 3.05) is 4.90 Å². The quantitative estimate of drug-likeness (QED) is 0.161. The lowest BCUT2D eigenvalue weighted by Crippen LogP contribution is -2.15. The van der Waals surface area contributed by atoms with E-state index in [0.29, 0.717) is 0 Å². The van der Waals surface area contributed by atoms with Crippen LogP contribution in [0.15, 0.2) is 200 Å². The summed E-state index contributed by atoms with van der Waals surface area (Å²) in [6, 6.07) is 73.9. The average molecular weight is 714 g/mol. The Morgan fingerprint density at radius 2 is 0.857 bits per heavy atom. The summed E-state index contributed by atoms with van der Waals surface area (Å²) in [4.78, 5) is 2.39. The molecule has 0 saturated carbocycles. The highest BCUT2D eigenvalue weighted by Crippen LogP contribution is 2.51. The number of rotatable bonds is 5. The molecular formula is C55H39N. The van der Waals surface area contributed by atoms with Gasteiger partial charge in [-0.2, -0.15) is 0 Å². The summed E-state index contributed by atoms with van der Waals surface area (Å²) < 4.78 is 0. The van der Waals surface area contributed by atoms with Gasteiger partial charge in [0.05, 0.1) is 0 Å². The molecule has 0 saturated heterocycles. The van der Waals surface area contributed by atoms with E-state index in [1.807, 2.05) is 0 Å². The zero-order valence-electron chi connectivity index (χ0n) is 31.5. The Balaban J connectivity index is 1.08. The van der Waals surface area contributed by atoms with Crippen LogP contribution in [0.25, 0.3) is 76.5 Å². The van der Waals surface area contributed by atoms with E-state index in [1.54, 1.807) is 0 Å². The Morgan fingerprint density at radius 3 is 1.62 bits per heavy atom. The molecule has 0 atom stereocenters. The van der Waals surface area contributed by atoms with Crippen molar-refractivity contribution in [2.45, 2.75) is 19.3 Å². The molecule has 0 spiro atoms. The minimum absolute atomic E-state index is 0.0335. The lowest BCUT2D eigenvalue weighted by molar-refractivity contribution is 0.660.